The lowest BCUT2D eigenvalue weighted by Gasteiger charge is -2.13. The Morgan fingerprint density at radius 1 is 1.03 bits per heavy atom. The molecule has 0 heterocycles. The summed E-state index contributed by atoms with van der Waals surface area (Å²) in [6.45, 7) is 3.46. The van der Waals surface area contributed by atoms with E-state index in [0.29, 0.717) is 6.07 Å². The standard InChI is InChI=1S/C23H22F2O5/c1-3-4-5-6-19(26)9-14(2)23(29)30-21-8-7-15(12-20(21)22(27)28)16-10-17(24)13-18(25)11-16/h4-5,7-8,10-14H,3,6,9H2,1-2H3,(H,27,28)/b5-4-. The van der Waals surface area contributed by atoms with Crippen molar-refractivity contribution in [3.05, 3.63) is 65.7 Å². The number of benzene rings is 2. The zero-order valence-corrected chi connectivity index (χ0v) is 16.7. The molecule has 158 valence electrons. The van der Waals surface area contributed by atoms with Crippen molar-refractivity contribution in [3.8, 4) is 16.9 Å². The van der Waals surface area contributed by atoms with E-state index in [1.807, 2.05) is 13.0 Å². The molecule has 1 N–H and O–H groups in total. The van der Waals surface area contributed by atoms with Crippen molar-refractivity contribution >= 4 is 17.7 Å². The minimum atomic E-state index is -1.37. The van der Waals surface area contributed by atoms with Crippen molar-refractivity contribution in [2.24, 2.45) is 5.92 Å². The number of esters is 1. The molecule has 0 aromatic heterocycles. The first kappa shape index (κ1) is 22.9. The van der Waals surface area contributed by atoms with E-state index in [0.717, 1.165) is 18.6 Å². The van der Waals surface area contributed by atoms with Crippen LogP contribution < -0.4 is 4.74 Å². The quantitative estimate of drug-likeness (QED) is 0.346. The topological polar surface area (TPSA) is 80.7 Å². The highest BCUT2D eigenvalue weighted by atomic mass is 19.1. The van der Waals surface area contributed by atoms with Crippen molar-refractivity contribution in [2.45, 2.75) is 33.1 Å². The Hall–Kier alpha value is -3.35. The fourth-order valence-corrected chi connectivity index (χ4v) is 2.78. The van der Waals surface area contributed by atoms with Gasteiger partial charge in [0.2, 0.25) is 0 Å². The minimum absolute atomic E-state index is 0.0318. The van der Waals surface area contributed by atoms with E-state index in [1.165, 1.54) is 25.1 Å². The second-order valence-corrected chi connectivity index (χ2v) is 6.82. The average Bonchev–Trinajstić information content (AvgIpc) is 2.67. The lowest BCUT2D eigenvalue weighted by molar-refractivity contribution is -0.140. The third-order valence-electron chi connectivity index (χ3n) is 4.30. The molecule has 0 bridgehead atoms. The van der Waals surface area contributed by atoms with Crippen molar-refractivity contribution in [1.82, 2.24) is 0 Å². The third-order valence-corrected chi connectivity index (χ3v) is 4.30. The molecular formula is C23H22F2O5. The molecule has 7 heteroatoms. The molecule has 0 spiro atoms. The molecule has 0 radical (unpaired) electrons. The van der Waals surface area contributed by atoms with Gasteiger partial charge in [0.25, 0.3) is 0 Å². The van der Waals surface area contributed by atoms with Gasteiger partial charge in [0.05, 0.1) is 5.92 Å². The molecule has 0 aliphatic rings. The Morgan fingerprint density at radius 3 is 2.30 bits per heavy atom. The first-order chi connectivity index (χ1) is 14.2. The van der Waals surface area contributed by atoms with Crippen molar-refractivity contribution < 1.29 is 33.0 Å². The number of aromatic carboxylic acids is 1. The number of carbonyl (C=O) groups excluding carboxylic acids is 2. The van der Waals surface area contributed by atoms with Crippen LogP contribution in [0, 0.1) is 17.6 Å². The summed E-state index contributed by atoms with van der Waals surface area (Å²) in [4.78, 5) is 35.8. The molecule has 30 heavy (non-hydrogen) atoms. The van der Waals surface area contributed by atoms with Crippen LogP contribution in [0.4, 0.5) is 8.78 Å². The van der Waals surface area contributed by atoms with Gasteiger partial charge in [0, 0.05) is 18.9 Å². The van der Waals surface area contributed by atoms with Gasteiger partial charge in [-0.1, -0.05) is 32.1 Å². The molecule has 0 saturated heterocycles. The number of halogens is 2. The van der Waals surface area contributed by atoms with Gasteiger partial charge in [-0.2, -0.15) is 0 Å². The number of ketones is 1. The number of hydrogen-bond acceptors (Lipinski definition) is 4. The third kappa shape index (κ3) is 6.34. The molecular weight excluding hydrogens is 394 g/mol. The summed E-state index contributed by atoms with van der Waals surface area (Å²) in [7, 11) is 0. The van der Waals surface area contributed by atoms with Gasteiger partial charge in [-0.05, 0) is 41.8 Å². The molecule has 1 atom stereocenters. The van der Waals surface area contributed by atoms with E-state index in [1.54, 1.807) is 6.08 Å². The van der Waals surface area contributed by atoms with E-state index in [4.69, 9.17) is 4.74 Å². The van der Waals surface area contributed by atoms with Crippen molar-refractivity contribution in [1.29, 1.82) is 0 Å². The average molecular weight is 416 g/mol. The summed E-state index contributed by atoms with van der Waals surface area (Å²) >= 11 is 0. The molecule has 0 amide bonds. The fraction of sp³-hybridized carbons (Fsp3) is 0.261. The molecule has 2 aromatic rings. The van der Waals surface area contributed by atoms with Crippen molar-refractivity contribution in [2.75, 3.05) is 0 Å². The van der Waals surface area contributed by atoms with Gasteiger partial charge >= 0.3 is 11.9 Å². The smallest absolute Gasteiger partial charge is 0.339 e. The van der Waals surface area contributed by atoms with Crippen LogP contribution in [0.1, 0.15) is 43.5 Å². The lowest BCUT2D eigenvalue weighted by Crippen LogP contribution is -2.21. The molecule has 2 aromatic carbocycles. The highest BCUT2D eigenvalue weighted by molar-refractivity contribution is 5.94. The van der Waals surface area contributed by atoms with Crippen LogP contribution in [0.15, 0.2) is 48.6 Å². The van der Waals surface area contributed by atoms with Crippen LogP contribution in [-0.4, -0.2) is 22.8 Å². The van der Waals surface area contributed by atoms with E-state index in [2.05, 4.69) is 0 Å². The SMILES string of the molecule is CC/C=C\CC(=O)CC(C)C(=O)Oc1ccc(-c2cc(F)cc(F)c2)cc1C(=O)O. The minimum Gasteiger partial charge on any atom is -0.478 e. The van der Waals surface area contributed by atoms with Crippen LogP contribution in [0.2, 0.25) is 0 Å². The molecule has 0 saturated carbocycles. The molecule has 0 aliphatic carbocycles. The van der Waals surface area contributed by atoms with Crippen molar-refractivity contribution in [3.63, 3.8) is 0 Å². The maximum Gasteiger partial charge on any atom is 0.339 e. The molecule has 0 fully saturated rings. The van der Waals surface area contributed by atoms with Gasteiger partial charge in [-0.15, -0.1) is 0 Å². The predicted octanol–water partition coefficient (Wildman–Crippen LogP) is 5.19. The van der Waals surface area contributed by atoms with E-state index < -0.39 is 29.5 Å². The molecule has 5 nitrogen and oxygen atoms in total. The summed E-state index contributed by atoms with van der Waals surface area (Å²) in [5, 5.41) is 9.46. The number of ether oxygens (including phenoxy) is 1. The monoisotopic (exact) mass is 416 g/mol. The molecule has 1 unspecified atom stereocenters. The summed E-state index contributed by atoms with van der Waals surface area (Å²) < 4.78 is 32.1. The maximum atomic E-state index is 13.5. The summed E-state index contributed by atoms with van der Waals surface area (Å²) in [5.41, 5.74) is 0.0541. The molecule has 0 aliphatic heterocycles. The Bertz CT molecular complexity index is 961. The second kappa shape index (κ2) is 10.4. The fourth-order valence-electron chi connectivity index (χ4n) is 2.78. The van der Waals surface area contributed by atoms with Gasteiger partial charge in [0.1, 0.15) is 28.7 Å². The first-order valence-electron chi connectivity index (χ1n) is 9.43. The van der Waals surface area contributed by atoms with E-state index >= 15 is 0 Å². The number of allylic oxidation sites excluding steroid dienone is 2. The Balaban J connectivity index is 2.19. The predicted molar refractivity (Wildman–Crippen MR) is 107 cm³/mol. The zero-order valence-electron chi connectivity index (χ0n) is 16.7. The highest BCUT2D eigenvalue weighted by Crippen LogP contribution is 2.29. The normalized spacial score (nSPS) is 12.0. The second-order valence-electron chi connectivity index (χ2n) is 6.82. The summed E-state index contributed by atoms with van der Waals surface area (Å²) in [6.07, 6.45) is 4.57. The summed E-state index contributed by atoms with van der Waals surface area (Å²) in [5.74, 6) is -4.82. The number of carboxylic acid groups (broad SMARTS) is 1. The Labute approximate surface area is 173 Å². The highest BCUT2D eigenvalue weighted by Gasteiger charge is 2.22. The molecule has 2 rings (SSSR count). The number of Topliss-reactive ketones (excluding diaryl/α,β-unsaturated/α-hetero) is 1. The first-order valence-corrected chi connectivity index (χ1v) is 9.43. The Kier molecular flexibility index (Phi) is 7.98. The van der Waals surface area contributed by atoms with Gasteiger partial charge in [0.15, 0.2) is 0 Å². The number of hydrogen-bond donors (Lipinski definition) is 1. The van der Waals surface area contributed by atoms with Gasteiger partial charge in [-0.25, -0.2) is 13.6 Å². The van der Waals surface area contributed by atoms with Gasteiger partial charge < -0.3 is 9.84 Å². The summed E-state index contributed by atoms with van der Waals surface area (Å²) in [6, 6.07) is 6.66. The van der Waals surface area contributed by atoms with Crippen LogP contribution in [-0.2, 0) is 9.59 Å². The largest absolute Gasteiger partial charge is 0.478 e. The van der Waals surface area contributed by atoms with E-state index in [9.17, 15) is 28.3 Å². The Morgan fingerprint density at radius 2 is 1.70 bits per heavy atom. The van der Waals surface area contributed by atoms with Gasteiger partial charge in [-0.3, -0.25) is 9.59 Å². The zero-order chi connectivity index (χ0) is 22.3. The van der Waals surface area contributed by atoms with E-state index in [-0.39, 0.29) is 41.1 Å². The van der Waals surface area contributed by atoms with Crippen LogP contribution >= 0.6 is 0 Å². The maximum absolute atomic E-state index is 13.5. The van der Waals surface area contributed by atoms with Crippen LogP contribution in [0.3, 0.4) is 0 Å². The number of carboxylic acids is 1. The number of carbonyl (C=O) groups is 3. The van der Waals surface area contributed by atoms with Crippen LogP contribution in [0.5, 0.6) is 5.75 Å². The van der Waals surface area contributed by atoms with Crippen LogP contribution in [0.25, 0.3) is 11.1 Å². The number of rotatable bonds is 9. The lowest BCUT2D eigenvalue weighted by atomic mass is 10.0.